The summed E-state index contributed by atoms with van der Waals surface area (Å²) in [6.07, 6.45) is 0. The van der Waals surface area contributed by atoms with Crippen molar-refractivity contribution in [3.05, 3.63) is 34.1 Å². The van der Waals surface area contributed by atoms with Gasteiger partial charge in [0.05, 0.1) is 0 Å². The van der Waals surface area contributed by atoms with Crippen molar-refractivity contribution >= 4 is 39.2 Å². The zero-order valence-electron chi connectivity index (χ0n) is 11.1. The van der Waals surface area contributed by atoms with E-state index >= 15 is 0 Å². The average Bonchev–Trinajstić information content (AvgIpc) is 2.77. The van der Waals surface area contributed by atoms with E-state index in [0.29, 0.717) is 6.04 Å². The van der Waals surface area contributed by atoms with Crippen molar-refractivity contribution in [3.63, 3.8) is 0 Å². The fraction of sp³-hybridized carbons (Fsp3) is 0.385. The molecule has 0 bridgehead atoms. The molecule has 0 aliphatic rings. The molecule has 0 spiro atoms. The zero-order chi connectivity index (χ0) is 13.8. The lowest BCUT2D eigenvalue weighted by Gasteiger charge is -2.16. The Morgan fingerprint density at radius 1 is 1.47 bits per heavy atom. The number of aromatic nitrogens is 2. The quantitative estimate of drug-likeness (QED) is 0.858. The van der Waals surface area contributed by atoms with Crippen molar-refractivity contribution in [2.45, 2.75) is 36.0 Å². The van der Waals surface area contributed by atoms with E-state index < -0.39 is 0 Å². The molecule has 0 aliphatic carbocycles. The second-order valence-corrected chi connectivity index (χ2v) is 7.13. The maximum atomic E-state index is 4.41. The van der Waals surface area contributed by atoms with Gasteiger partial charge in [0.2, 0.25) is 0 Å². The minimum Gasteiger partial charge on any atom is -0.310 e. The summed E-state index contributed by atoms with van der Waals surface area (Å²) in [6, 6.07) is 6.69. The fourth-order valence-corrected chi connectivity index (χ4v) is 3.97. The topological polar surface area (TPSA) is 37.8 Å². The van der Waals surface area contributed by atoms with E-state index in [-0.39, 0.29) is 0 Å². The molecule has 6 heteroatoms. The summed E-state index contributed by atoms with van der Waals surface area (Å²) >= 11 is 6.68. The molecule has 102 valence electrons. The van der Waals surface area contributed by atoms with Crippen LogP contribution in [0.4, 0.5) is 0 Å². The minimum atomic E-state index is 0.319. The van der Waals surface area contributed by atoms with Crippen LogP contribution in [0.1, 0.15) is 31.3 Å². The van der Waals surface area contributed by atoms with Crippen LogP contribution in [0.3, 0.4) is 0 Å². The molecule has 2 rings (SSSR count). The number of benzene rings is 1. The van der Waals surface area contributed by atoms with E-state index in [4.69, 9.17) is 0 Å². The molecule has 1 N–H and O–H groups in total. The second kappa shape index (κ2) is 6.83. The molecule has 0 saturated carbocycles. The molecule has 19 heavy (non-hydrogen) atoms. The van der Waals surface area contributed by atoms with Gasteiger partial charge >= 0.3 is 0 Å². The van der Waals surface area contributed by atoms with Crippen molar-refractivity contribution in [2.75, 3.05) is 6.54 Å². The monoisotopic (exact) mass is 357 g/mol. The van der Waals surface area contributed by atoms with Crippen molar-refractivity contribution in [3.8, 4) is 0 Å². The lowest BCUT2D eigenvalue weighted by atomic mass is 10.1. The van der Waals surface area contributed by atoms with Crippen LogP contribution >= 0.6 is 39.2 Å². The van der Waals surface area contributed by atoms with E-state index in [0.717, 1.165) is 21.2 Å². The van der Waals surface area contributed by atoms with Crippen molar-refractivity contribution in [2.24, 2.45) is 0 Å². The molecule has 3 nitrogen and oxygen atoms in total. The van der Waals surface area contributed by atoms with Crippen LogP contribution in [0.15, 0.2) is 31.9 Å². The first-order valence-electron chi connectivity index (χ1n) is 6.11. The van der Waals surface area contributed by atoms with Crippen LogP contribution in [0.5, 0.6) is 0 Å². The summed E-state index contributed by atoms with van der Waals surface area (Å²) in [6.45, 7) is 7.18. The van der Waals surface area contributed by atoms with Crippen LogP contribution in [-0.4, -0.2) is 15.9 Å². The lowest BCUT2D eigenvalue weighted by Crippen LogP contribution is -2.18. The van der Waals surface area contributed by atoms with Gasteiger partial charge < -0.3 is 5.32 Å². The van der Waals surface area contributed by atoms with Crippen molar-refractivity contribution < 1.29 is 0 Å². The highest BCUT2D eigenvalue weighted by Gasteiger charge is 2.13. The predicted molar refractivity (Wildman–Crippen MR) is 85.0 cm³/mol. The highest BCUT2D eigenvalue weighted by molar-refractivity contribution is 9.10. The van der Waals surface area contributed by atoms with Gasteiger partial charge in [0.15, 0.2) is 4.34 Å². The van der Waals surface area contributed by atoms with E-state index in [2.05, 4.69) is 62.7 Å². The molecule has 0 fully saturated rings. The summed E-state index contributed by atoms with van der Waals surface area (Å²) in [5, 5.41) is 3.45. The van der Waals surface area contributed by atoms with E-state index in [1.54, 1.807) is 11.8 Å². The van der Waals surface area contributed by atoms with E-state index in [1.165, 1.54) is 22.0 Å². The highest BCUT2D eigenvalue weighted by Crippen LogP contribution is 2.35. The Morgan fingerprint density at radius 3 is 2.89 bits per heavy atom. The maximum Gasteiger partial charge on any atom is 0.174 e. The van der Waals surface area contributed by atoms with Gasteiger partial charge in [-0.3, -0.25) is 0 Å². The van der Waals surface area contributed by atoms with Gasteiger partial charge in [-0.1, -0.05) is 34.6 Å². The Balaban J connectivity index is 2.28. The van der Waals surface area contributed by atoms with Crippen LogP contribution in [0.25, 0.3) is 0 Å². The molecule has 0 amide bonds. The zero-order valence-corrected chi connectivity index (χ0v) is 14.3. The van der Waals surface area contributed by atoms with Gasteiger partial charge in [0.25, 0.3) is 0 Å². The first kappa shape index (κ1) is 15.0. The molecule has 0 saturated heterocycles. The van der Waals surface area contributed by atoms with Gasteiger partial charge in [-0.15, -0.1) is 0 Å². The minimum absolute atomic E-state index is 0.319. The van der Waals surface area contributed by atoms with Crippen LogP contribution in [-0.2, 0) is 0 Å². The van der Waals surface area contributed by atoms with Crippen LogP contribution in [0, 0.1) is 6.92 Å². The molecular weight excluding hydrogens is 342 g/mol. The summed E-state index contributed by atoms with van der Waals surface area (Å²) in [4.78, 5) is 5.64. The number of aryl methyl sites for hydroxylation is 1. The summed E-state index contributed by atoms with van der Waals surface area (Å²) < 4.78 is 6.32. The molecular formula is C13H16BrN3S2. The van der Waals surface area contributed by atoms with E-state index in [9.17, 15) is 0 Å². The number of nitrogens with one attached hydrogen (secondary N) is 1. The standard InChI is InChI=1S/C13H16BrN3S2/c1-4-15-8(2)11-7-10(14)5-6-12(11)18-13-16-9(3)17-19-13/h5-8,15H,4H2,1-3H3. The van der Waals surface area contributed by atoms with Crippen LogP contribution < -0.4 is 5.32 Å². The number of halogens is 1. The smallest absolute Gasteiger partial charge is 0.174 e. The van der Waals surface area contributed by atoms with Gasteiger partial charge in [-0.2, -0.15) is 4.37 Å². The summed E-state index contributed by atoms with van der Waals surface area (Å²) in [5.74, 6) is 0.839. The Hall–Kier alpha value is -0.430. The maximum absolute atomic E-state index is 4.41. The number of nitrogens with zero attached hydrogens (tertiary/aromatic N) is 2. The lowest BCUT2D eigenvalue weighted by molar-refractivity contribution is 0.589. The normalized spacial score (nSPS) is 12.6. The highest BCUT2D eigenvalue weighted by atomic mass is 79.9. The third-order valence-electron chi connectivity index (χ3n) is 2.65. The summed E-state index contributed by atoms with van der Waals surface area (Å²) in [5.41, 5.74) is 1.29. The SMILES string of the molecule is CCNC(C)c1cc(Br)ccc1Sc1nc(C)ns1. The fourth-order valence-electron chi connectivity index (χ4n) is 1.78. The molecule has 1 atom stereocenters. The summed E-state index contributed by atoms with van der Waals surface area (Å²) in [7, 11) is 0. The molecule has 0 radical (unpaired) electrons. The Kier molecular flexibility index (Phi) is 5.38. The number of hydrogen-bond donors (Lipinski definition) is 1. The third-order valence-corrected chi connectivity index (χ3v) is 5.08. The Bertz CT molecular complexity index is 557. The first-order valence-corrected chi connectivity index (χ1v) is 8.49. The average molecular weight is 358 g/mol. The molecule has 1 aromatic carbocycles. The molecule has 2 aromatic rings. The largest absolute Gasteiger partial charge is 0.310 e. The third kappa shape index (κ3) is 4.02. The molecule has 1 heterocycles. The molecule has 0 aliphatic heterocycles. The first-order chi connectivity index (χ1) is 9.10. The predicted octanol–water partition coefficient (Wildman–Crippen LogP) is 4.43. The van der Waals surface area contributed by atoms with Gasteiger partial charge in [-0.25, -0.2) is 4.98 Å². The van der Waals surface area contributed by atoms with Crippen LogP contribution in [0.2, 0.25) is 0 Å². The van der Waals surface area contributed by atoms with Crippen molar-refractivity contribution in [1.29, 1.82) is 0 Å². The van der Waals surface area contributed by atoms with E-state index in [1.807, 2.05) is 6.92 Å². The number of rotatable bonds is 5. The molecule has 1 unspecified atom stereocenters. The van der Waals surface area contributed by atoms with Gasteiger partial charge in [0.1, 0.15) is 5.82 Å². The second-order valence-electron chi connectivity index (χ2n) is 4.17. The van der Waals surface area contributed by atoms with Gasteiger partial charge in [-0.05, 0) is 55.7 Å². The van der Waals surface area contributed by atoms with Crippen molar-refractivity contribution in [1.82, 2.24) is 14.7 Å². The molecule has 1 aromatic heterocycles. The van der Waals surface area contributed by atoms with Gasteiger partial charge in [0, 0.05) is 15.4 Å². The number of hydrogen-bond acceptors (Lipinski definition) is 5. The Morgan fingerprint density at radius 2 is 2.26 bits per heavy atom. The Labute approximate surface area is 130 Å².